The number of benzene rings is 1. The average molecular weight is 305 g/mol. The first-order valence-corrected chi connectivity index (χ1v) is 7.88. The van der Waals surface area contributed by atoms with Crippen molar-refractivity contribution in [3.05, 3.63) is 35.4 Å². The molecule has 0 bridgehead atoms. The summed E-state index contributed by atoms with van der Waals surface area (Å²) in [5.74, 6) is -0.0328. The molecule has 3 amide bonds. The van der Waals surface area contributed by atoms with Gasteiger partial charge in [0.25, 0.3) is 0 Å². The van der Waals surface area contributed by atoms with Gasteiger partial charge in [-0.1, -0.05) is 31.2 Å². The fourth-order valence-electron chi connectivity index (χ4n) is 2.00. The van der Waals surface area contributed by atoms with Gasteiger partial charge in [-0.3, -0.25) is 4.79 Å². The Morgan fingerprint density at radius 2 is 1.82 bits per heavy atom. The summed E-state index contributed by atoms with van der Waals surface area (Å²) in [6.45, 7) is 6.97. The van der Waals surface area contributed by atoms with E-state index in [-0.39, 0.29) is 18.0 Å². The monoisotopic (exact) mass is 305 g/mol. The molecule has 1 atom stereocenters. The zero-order chi connectivity index (χ0) is 16.4. The molecule has 1 rings (SSSR count). The van der Waals surface area contributed by atoms with Crippen LogP contribution in [0.5, 0.6) is 0 Å². The van der Waals surface area contributed by atoms with E-state index in [2.05, 4.69) is 35.0 Å². The van der Waals surface area contributed by atoms with Gasteiger partial charge in [-0.25, -0.2) is 4.79 Å². The second-order valence-corrected chi connectivity index (χ2v) is 5.49. The molecule has 0 saturated heterocycles. The van der Waals surface area contributed by atoms with Crippen LogP contribution in [-0.4, -0.2) is 31.1 Å². The molecule has 1 aromatic carbocycles. The van der Waals surface area contributed by atoms with Crippen molar-refractivity contribution in [3.63, 3.8) is 0 Å². The lowest BCUT2D eigenvalue weighted by Gasteiger charge is -2.12. The number of hydrogen-bond donors (Lipinski definition) is 3. The smallest absolute Gasteiger partial charge is 0.314 e. The van der Waals surface area contributed by atoms with Gasteiger partial charge in [-0.15, -0.1) is 0 Å². The molecule has 1 aromatic rings. The van der Waals surface area contributed by atoms with Crippen molar-refractivity contribution in [3.8, 4) is 0 Å². The predicted octanol–water partition coefficient (Wildman–Crippen LogP) is 2.14. The van der Waals surface area contributed by atoms with E-state index in [0.29, 0.717) is 19.5 Å². The van der Waals surface area contributed by atoms with Crippen LogP contribution in [0.25, 0.3) is 0 Å². The van der Waals surface area contributed by atoms with Crippen LogP contribution in [0.4, 0.5) is 4.79 Å². The van der Waals surface area contributed by atoms with Gasteiger partial charge in [-0.05, 0) is 37.8 Å². The molecule has 0 aromatic heterocycles. The minimum absolute atomic E-state index is 0.0328. The van der Waals surface area contributed by atoms with Crippen LogP contribution in [-0.2, 0) is 11.2 Å². The Hall–Kier alpha value is -2.04. The van der Waals surface area contributed by atoms with E-state index in [4.69, 9.17) is 0 Å². The van der Waals surface area contributed by atoms with Gasteiger partial charge < -0.3 is 16.0 Å². The number of urea groups is 1. The number of carbonyl (C=O) groups excluding carboxylic acids is 2. The molecule has 0 spiro atoms. The van der Waals surface area contributed by atoms with Gasteiger partial charge >= 0.3 is 6.03 Å². The summed E-state index contributed by atoms with van der Waals surface area (Å²) in [6.07, 6.45) is 2.00. The minimum atomic E-state index is -0.232. The lowest BCUT2D eigenvalue weighted by molar-refractivity contribution is -0.121. The summed E-state index contributed by atoms with van der Waals surface area (Å²) < 4.78 is 0. The van der Waals surface area contributed by atoms with Gasteiger partial charge in [0.05, 0.1) is 0 Å². The highest BCUT2D eigenvalue weighted by Crippen LogP contribution is 2.06. The summed E-state index contributed by atoms with van der Waals surface area (Å²) in [5, 5.41) is 8.36. The first-order chi connectivity index (χ1) is 10.5. The molecule has 0 aliphatic heterocycles. The third kappa shape index (κ3) is 7.11. The molecule has 0 aliphatic carbocycles. The molecule has 0 heterocycles. The SMILES string of the molecule is CC[C@H](C)NC(=O)CCNC(=O)NCCc1ccccc1C. The summed E-state index contributed by atoms with van der Waals surface area (Å²) in [5.41, 5.74) is 2.46. The summed E-state index contributed by atoms with van der Waals surface area (Å²) in [4.78, 5) is 23.2. The molecule has 122 valence electrons. The maximum atomic E-state index is 11.6. The first-order valence-electron chi connectivity index (χ1n) is 7.88. The fourth-order valence-corrected chi connectivity index (χ4v) is 2.00. The molecule has 5 nitrogen and oxygen atoms in total. The summed E-state index contributed by atoms with van der Waals surface area (Å²) in [7, 11) is 0. The average Bonchev–Trinajstić information content (AvgIpc) is 2.49. The van der Waals surface area contributed by atoms with Gasteiger partial charge in [0.2, 0.25) is 5.91 Å². The first kappa shape index (κ1) is 18.0. The number of aryl methyl sites for hydroxylation is 1. The Balaban J connectivity index is 2.14. The highest BCUT2D eigenvalue weighted by molar-refractivity contribution is 5.78. The molecular weight excluding hydrogens is 278 g/mol. The number of hydrogen-bond acceptors (Lipinski definition) is 2. The van der Waals surface area contributed by atoms with Crippen LogP contribution < -0.4 is 16.0 Å². The van der Waals surface area contributed by atoms with E-state index >= 15 is 0 Å². The van der Waals surface area contributed by atoms with Gasteiger partial charge in [0.1, 0.15) is 0 Å². The second kappa shape index (κ2) is 9.82. The minimum Gasteiger partial charge on any atom is -0.354 e. The van der Waals surface area contributed by atoms with E-state index in [1.165, 1.54) is 11.1 Å². The Morgan fingerprint density at radius 3 is 2.50 bits per heavy atom. The highest BCUT2D eigenvalue weighted by atomic mass is 16.2. The topological polar surface area (TPSA) is 70.2 Å². The van der Waals surface area contributed by atoms with Crippen molar-refractivity contribution in [2.45, 2.75) is 46.1 Å². The van der Waals surface area contributed by atoms with Crippen LogP contribution in [0.1, 0.15) is 37.8 Å². The van der Waals surface area contributed by atoms with Gasteiger partial charge in [-0.2, -0.15) is 0 Å². The summed E-state index contributed by atoms with van der Waals surface area (Å²) in [6, 6.07) is 8.07. The number of carbonyl (C=O) groups is 2. The lowest BCUT2D eigenvalue weighted by Crippen LogP contribution is -2.39. The quantitative estimate of drug-likeness (QED) is 0.688. The maximum Gasteiger partial charge on any atom is 0.314 e. The van der Waals surface area contributed by atoms with E-state index in [0.717, 1.165) is 12.8 Å². The van der Waals surface area contributed by atoms with Gasteiger partial charge in [0.15, 0.2) is 0 Å². The van der Waals surface area contributed by atoms with Crippen LogP contribution in [0, 0.1) is 6.92 Å². The van der Waals surface area contributed by atoms with Crippen molar-refractivity contribution < 1.29 is 9.59 Å². The van der Waals surface area contributed by atoms with E-state index in [1.807, 2.05) is 26.0 Å². The molecule has 0 radical (unpaired) electrons. The Labute approximate surface area is 132 Å². The maximum absolute atomic E-state index is 11.6. The lowest BCUT2D eigenvalue weighted by atomic mass is 10.1. The zero-order valence-corrected chi connectivity index (χ0v) is 13.7. The standard InChI is InChI=1S/C17H27N3O2/c1-4-14(3)20-16(21)10-12-19-17(22)18-11-9-15-8-6-5-7-13(15)2/h5-8,14H,4,9-12H2,1-3H3,(H,20,21)(H2,18,19,22)/t14-/m0/s1. The third-order valence-corrected chi connectivity index (χ3v) is 3.60. The molecule has 22 heavy (non-hydrogen) atoms. The number of amides is 3. The third-order valence-electron chi connectivity index (χ3n) is 3.60. The zero-order valence-electron chi connectivity index (χ0n) is 13.7. The van der Waals surface area contributed by atoms with Crippen LogP contribution in [0.15, 0.2) is 24.3 Å². The van der Waals surface area contributed by atoms with Crippen molar-refractivity contribution >= 4 is 11.9 Å². The fraction of sp³-hybridized carbons (Fsp3) is 0.529. The largest absolute Gasteiger partial charge is 0.354 e. The normalized spacial score (nSPS) is 11.6. The van der Waals surface area contributed by atoms with E-state index in [1.54, 1.807) is 0 Å². The second-order valence-electron chi connectivity index (χ2n) is 5.49. The molecule has 0 saturated carbocycles. The highest BCUT2D eigenvalue weighted by Gasteiger charge is 2.06. The Kier molecular flexibility index (Phi) is 8.04. The molecule has 0 aliphatic rings. The predicted molar refractivity (Wildman–Crippen MR) is 88.8 cm³/mol. The van der Waals surface area contributed by atoms with Crippen LogP contribution >= 0.6 is 0 Å². The Bertz CT molecular complexity index is 489. The molecular formula is C17H27N3O2. The van der Waals surface area contributed by atoms with Crippen LogP contribution in [0.3, 0.4) is 0 Å². The molecule has 3 N–H and O–H groups in total. The van der Waals surface area contributed by atoms with Crippen molar-refractivity contribution in [1.82, 2.24) is 16.0 Å². The Morgan fingerprint density at radius 1 is 1.14 bits per heavy atom. The van der Waals surface area contributed by atoms with E-state index < -0.39 is 0 Å². The number of rotatable bonds is 8. The molecule has 0 unspecified atom stereocenters. The van der Waals surface area contributed by atoms with E-state index in [9.17, 15) is 9.59 Å². The van der Waals surface area contributed by atoms with Crippen LogP contribution in [0.2, 0.25) is 0 Å². The molecule has 5 heteroatoms. The van der Waals surface area contributed by atoms with Gasteiger partial charge in [0, 0.05) is 25.6 Å². The molecule has 0 fully saturated rings. The summed E-state index contributed by atoms with van der Waals surface area (Å²) >= 11 is 0. The van der Waals surface area contributed by atoms with Crippen molar-refractivity contribution in [2.24, 2.45) is 0 Å². The van der Waals surface area contributed by atoms with Crippen molar-refractivity contribution in [2.75, 3.05) is 13.1 Å². The number of nitrogens with one attached hydrogen (secondary N) is 3. The van der Waals surface area contributed by atoms with Crippen molar-refractivity contribution in [1.29, 1.82) is 0 Å².